The Morgan fingerprint density at radius 1 is 1.31 bits per heavy atom. The third-order valence-corrected chi connectivity index (χ3v) is 2.35. The van der Waals surface area contributed by atoms with Crippen LogP contribution in [-0.4, -0.2) is 16.6 Å². The van der Waals surface area contributed by atoms with Gasteiger partial charge in [0, 0.05) is 6.20 Å². The topological polar surface area (TPSA) is 37.9 Å². The monoisotopic (exact) mass is 232 g/mol. The Bertz CT molecular complexity index is 536. The quantitative estimate of drug-likeness (QED) is 0.826. The SMILES string of the molecule is CCOc1ccccc1-c1nccc(=S)[nH]1. The van der Waals surface area contributed by atoms with E-state index in [1.165, 1.54) is 0 Å². The third kappa shape index (κ3) is 2.28. The Morgan fingerprint density at radius 3 is 2.88 bits per heavy atom. The van der Waals surface area contributed by atoms with Crippen molar-refractivity contribution in [2.45, 2.75) is 6.92 Å². The van der Waals surface area contributed by atoms with Gasteiger partial charge in [0.05, 0.1) is 12.2 Å². The third-order valence-electron chi connectivity index (χ3n) is 2.11. The van der Waals surface area contributed by atoms with E-state index in [0.29, 0.717) is 11.2 Å². The fourth-order valence-corrected chi connectivity index (χ4v) is 1.61. The first-order valence-corrected chi connectivity index (χ1v) is 5.49. The van der Waals surface area contributed by atoms with Crippen molar-refractivity contribution in [2.24, 2.45) is 0 Å². The fraction of sp³-hybridized carbons (Fsp3) is 0.167. The van der Waals surface area contributed by atoms with Crippen LogP contribution >= 0.6 is 12.2 Å². The van der Waals surface area contributed by atoms with Crippen LogP contribution in [0.25, 0.3) is 11.4 Å². The molecular weight excluding hydrogens is 220 g/mol. The van der Waals surface area contributed by atoms with E-state index in [9.17, 15) is 0 Å². The summed E-state index contributed by atoms with van der Waals surface area (Å²) in [6.07, 6.45) is 1.69. The molecule has 1 heterocycles. The van der Waals surface area contributed by atoms with Gasteiger partial charge in [-0.05, 0) is 25.1 Å². The average molecular weight is 232 g/mol. The Labute approximate surface area is 99.1 Å². The van der Waals surface area contributed by atoms with Crippen LogP contribution in [0.5, 0.6) is 5.75 Å². The minimum absolute atomic E-state index is 0.630. The van der Waals surface area contributed by atoms with Crippen molar-refractivity contribution in [2.75, 3.05) is 6.61 Å². The number of ether oxygens (including phenoxy) is 1. The number of rotatable bonds is 3. The number of nitrogens with zero attached hydrogens (tertiary/aromatic N) is 1. The van der Waals surface area contributed by atoms with Gasteiger partial charge in [0.2, 0.25) is 0 Å². The molecule has 16 heavy (non-hydrogen) atoms. The molecule has 1 N–H and O–H groups in total. The van der Waals surface area contributed by atoms with Crippen molar-refractivity contribution in [3.63, 3.8) is 0 Å². The Kier molecular flexibility index (Phi) is 3.31. The van der Waals surface area contributed by atoms with Crippen LogP contribution in [0.4, 0.5) is 0 Å². The molecule has 0 spiro atoms. The van der Waals surface area contributed by atoms with Crippen molar-refractivity contribution in [1.29, 1.82) is 0 Å². The molecule has 82 valence electrons. The zero-order chi connectivity index (χ0) is 11.4. The number of benzene rings is 1. The molecule has 0 unspecified atom stereocenters. The molecule has 3 nitrogen and oxygen atoms in total. The molecule has 0 atom stereocenters. The number of H-pyrrole nitrogens is 1. The Morgan fingerprint density at radius 2 is 2.12 bits per heavy atom. The largest absolute Gasteiger partial charge is 0.493 e. The van der Waals surface area contributed by atoms with Crippen LogP contribution in [0.3, 0.4) is 0 Å². The number of hydrogen-bond acceptors (Lipinski definition) is 3. The number of aromatic nitrogens is 2. The maximum absolute atomic E-state index is 5.54. The second-order valence-electron chi connectivity index (χ2n) is 3.21. The van der Waals surface area contributed by atoms with Crippen molar-refractivity contribution in [3.8, 4) is 17.1 Å². The van der Waals surface area contributed by atoms with E-state index < -0.39 is 0 Å². The van der Waals surface area contributed by atoms with Gasteiger partial charge in [-0.15, -0.1) is 0 Å². The van der Waals surface area contributed by atoms with E-state index in [1.807, 2.05) is 31.2 Å². The molecule has 4 heteroatoms. The van der Waals surface area contributed by atoms with Gasteiger partial charge >= 0.3 is 0 Å². The molecule has 0 aliphatic heterocycles. The van der Waals surface area contributed by atoms with Crippen LogP contribution in [-0.2, 0) is 0 Å². The summed E-state index contributed by atoms with van der Waals surface area (Å²) in [7, 11) is 0. The number of hydrogen-bond donors (Lipinski definition) is 1. The molecule has 0 radical (unpaired) electrons. The van der Waals surface area contributed by atoms with Gasteiger partial charge in [-0.1, -0.05) is 24.4 Å². The average Bonchev–Trinajstić information content (AvgIpc) is 2.30. The van der Waals surface area contributed by atoms with Gasteiger partial charge in [-0.2, -0.15) is 0 Å². The molecule has 2 rings (SSSR count). The van der Waals surface area contributed by atoms with Crippen molar-refractivity contribution in [3.05, 3.63) is 41.2 Å². The molecule has 0 saturated heterocycles. The van der Waals surface area contributed by atoms with E-state index in [4.69, 9.17) is 17.0 Å². The normalized spacial score (nSPS) is 10.1. The molecular formula is C12H12N2OS. The highest BCUT2D eigenvalue weighted by Crippen LogP contribution is 2.26. The maximum atomic E-state index is 5.54. The highest BCUT2D eigenvalue weighted by atomic mass is 32.1. The minimum atomic E-state index is 0.630. The minimum Gasteiger partial charge on any atom is -0.493 e. The van der Waals surface area contributed by atoms with Crippen LogP contribution in [0.2, 0.25) is 0 Å². The van der Waals surface area contributed by atoms with Gasteiger partial charge in [-0.3, -0.25) is 0 Å². The summed E-state index contributed by atoms with van der Waals surface area (Å²) in [5.41, 5.74) is 0.927. The molecule has 0 saturated carbocycles. The zero-order valence-electron chi connectivity index (χ0n) is 8.93. The van der Waals surface area contributed by atoms with E-state index in [-0.39, 0.29) is 0 Å². The molecule has 1 aromatic carbocycles. The first-order valence-electron chi connectivity index (χ1n) is 5.09. The van der Waals surface area contributed by atoms with Crippen molar-refractivity contribution < 1.29 is 4.74 Å². The summed E-state index contributed by atoms with van der Waals surface area (Å²) in [6, 6.07) is 9.51. The highest BCUT2D eigenvalue weighted by molar-refractivity contribution is 7.71. The molecule has 0 fully saturated rings. The van der Waals surface area contributed by atoms with E-state index in [2.05, 4.69) is 9.97 Å². The zero-order valence-corrected chi connectivity index (χ0v) is 9.75. The van der Waals surface area contributed by atoms with Crippen LogP contribution in [0.15, 0.2) is 36.5 Å². The summed E-state index contributed by atoms with van der Waals surface area (Å²) in [6.45, 7) is 2.59. The van der Waals surface area contributed by atoms with Crippen molar-refractivity contribution >= 4 is 12.2 Å². The summed E-state index contributed by atoms with van der Waals surface area (Å²) in [4.78, 5) is 7.30. The smallest absolute Gasteiger partial charge is 0.141 e. The van der Waals surface area contributed by atoms with Crippen LogP contribution < -0.4 is 4.74 Å². The predicted molar refractivity (Wildman–Crippen MR) is 66.0 cm³/mol. The first kappa shape index (κ1) is 10.8. The van der Waals surface area contributed by atoms with E-state index >= 15 is 0 Å². The number of aromatic amines is 1. The lowest BCUT2D eigenvalue weighted by molar-refractivity contribution is 0.341. The van der Waals surface area contributed by atoms with E-state index in [0.717, 1.165) is 17.1 Å². The summed E-state index contributed by atoms with van der Waals surface area (Å²) >= 11 is 5.07. The van der Waals surface area contributed by atoms with Crippen molar-refractivity contribution in [1.82, 2.24) is 9.97 Å². The first-order chi connectivity index (χ1) is 7.81. The van der Waals surface area contributed by atoms with Crippen LogP contribution in [0, 0.1) is 4.64 Å². The van der Waals surface area contributed by atoms with Crippen LogP contribution in [0.1, 0.15) is 6.92 Å². The maximum Gasteiger partial charge on any atom is 0.141 e. The fourth-order valence-electron chi connectivity index (χ4n) is 1.45. The number of para-hydroxylation sites is 1. The van der Waals surface area contributed by atoms with Gasteiger partial charge in [0.15, 0.2) is 0 Å². The number of nitrogens with one attached hydrogen (secondary N) is 1. The summed E-state index contributed by atoms with van der Waals surface area (Å²) < 4.78 is 6.20. The lowest BCUT2D eigenvalue weighted by Crippen LogP contribution is -1.96. The highest BCUT2D eigenvalue weighted by Gasteiger charge is 2.06. The molecule has 2 aromatic rings. The lowest BCUT2D eigenvalue weighted by Gasteiger charge is -2.08. The molecule has 0 bridgehead atoms. The van der Waals surface area contributed by atoms with Gasteiger partial charge in [0.25, 0.3) is 0 Å². The lowest BCUT2D eigenvalue weighted by atomic mass is 10.2. The Balaban J connectivity index is 2.51. The van der Waals surface area contributed by atoms with Gasteiger partial charge < -0.3 is 9.72 Å². The standard InChI is InChI=1S/C12H12N2OS/c1-2-15-10-6-4-3-5-9(10)12-13-8-7-11(16)14-12/h3-8H,2H2,1H3,(H,13,14,16). The Hall–Kier alpha value is -1.68. The van der Waals surface area contributed by atoms with E-state index in [1.54, 1.807) is 12.3 Å². The molecule has 1 aromatic heterocycles. The second kappa shape index (κ2) is 4.90. The molecule has 0 amide bonds. The van der Waals surface area contributed by atoms with Gasteiger partial charge in [0.1, 0.15) is 16.2 Å². The predicted octanol–water partition coefficient (Wildman–Crippen LogP) is 3.20. The molecule has 0 aliphatic carbocycles. The van der Waals surface area contributed by atoms with Gasteiger partial charge in [-0.25, -0.2) is 4.98 Å². The summed E-state index contributed by atoms with van der Waals surface area (Å²) in [5, 5.41) is 0. The summed E-state index contributed by atoms with van der Waals surface area (Å²) in [5.74, 6) is 1.55. The second-order valence-corrected chi connectivity index (χ2v) is 3.65. The molecule has 0 aliphatic rings.